The topological polar surface area (TPSA) is 117 Å². The van der Waals surface area contributed by atoms with E-state index in [1.165, 1.54) is 28.9 Å². The number of aromatic nitrogens is 4. The summed E-state index contributed by atoms with van der Waals surface area (Å²) in [5.74, 6) is -0.833. The second kappa shape index (κ2) is 4.23. The Balaban J connectivity index is 2.21. The molecule has 0 aliphatic rings. The van der Waals surface area contributed by atoms with Crippen LogP contribution in [0.4, 0.5) is 5.69 Å². The van der Waals surface area contributed by atoms with E-state index >= 15 is 0 Å². The Hall–Kier alpha value is -3.10. The average Bonchev–Trinajstić information content (AvgIpc) is 2.75. The molecule has 100 valence electrons. The maximum absolute atomic E-state index is 11.1. The number of non-ortho nitro benzene ring substituents is 1. The van der Waals surface area contributed by atoms with Gasteiger partial charge in [0.15, 0.2) is 11.2 Å². The maximum Gasteiger partial charge on any atom is 0.461 e. The predicted molar refractivity (Wildman–Crippen MR) is 66.6 cm³/mol. The van der Waals surface area contributed by atoms with E-state index in [0.717, 1.165) is 0 Å². The van der Waals surface area contributed by atoms with Crippen LogP contribution in [0.5, 0.6) is 0 Å². The van der Waals surface area contributed by atoms with Crippen molar-refractivity contribution in [2.24, 2.45) is 0 Å². The number of fused-ring (bicyclic) bond motifs is 1. The molecule has 9 nitrogen and oxygen atoms in total. The van der Waals surface area contributed by atoms with Gasteiger partial charge in [0.25, 0.3) is 5.69 Å². The van der Waals surface area contributed by atoms with Gasteiger partial charge in [-0.25, -0.2) is 9.48 Å². The van der Waals surface area contributed by atoms with Crippen molar-refractivity contribution >= 4 is 16.9 Å². The van der Waals surface area contributed by atoms with Crippen molar-refractivity contribution in [3.8, 4) is 5.69 Å². The number of nitro benzene ring substituents is 1. The molecule has 2 heterocycles. The van der Waals surface area contributed by atoms with Crippen molar-refractivity contribution in [1.82, 2.24) is 19.9 Å². The summed E-state index contributed by atoms with van der Waals surface area (Å²) in [6, 6.07) is 5.72. The van der Waals surface area contributed by atoms with Crippen LogP contribution in [0.1, 0.15) is 5.69 Å². The van der Waals surface area contributed by atoms with E-state index in [-0.39, 0.29) is 11.3 Å². The highest BCUT2D eigenvalue weighted by atomic mass is 16.6. The Bertz CT molecular complexity index is 865. The zero-order chi connectivity index (χ0) is 14.3. The van der Waals surface area contributed by atoms with Crippen molar-refractivity contribution in [3.63, 3.8) is 0 Å². The lowest BCUT2D eigenvalue weighted by Crippen LogP contribution is -2.07. The summed E-state index contributed by atoms with van der Waals surface area (Å²) in [6.07, 6.45) is 0. The summed E-state index contributed by atoms with van der Waals surface area (Å²) in [4.78, 5) is 25.0. The lowest BCUT2D eigenvalue weighted by molar-refractivity contribution is -0.384. The largest absolute Gasteiger partial charge is 0.461 e. The van der Waals surface area contributed by atoms with Crippen LogP contribution in [0.25, 0.3) is 16.9 Å². The molecule has 3 aromatic rings. The van der Waals surface area contributed by atoms with Gasteiger partial charge in [-0.05, 0) is 19.1 Å². The third-order valence-electron chi connectivity index (χ3n) is 2.72. The predicted octanol–water partition coefficient (Wildman–Crippen LogP) is 0.985. The molecule has 0 aliphatic carbocycles. The third kappa shape index (κ3) is 1.81. The minimum atomic E-state index is -0.833. The minimum Gasteiger partial charge on any atom is -0.296 e. The molecule has 0 atom stereocenters. The average molecular weight is 273 g/mol. The normalized spacial score (nSPS) is 10.8. The van der Waals surface area contributed by atoms with Crippen LogP contribution >= 0.6 is 0 Å². The Kier molecular flexibility index (Phi) is 2.53. The van der Waals surface area contributed by atoms with Gasteiger partial charge in [0, 0.05) is 12.1 Å². The summed E-state index contributed by atoms with van der Waals surface area (Å²) in [5, 5.41) is 18.4. The lowest BCUT2D eigenvalue weighted by Gasteiger charge is -2.01. The number of rotatable bonds is 2. The molecule has 0 bridgehead atoms. The molecule has 9 heteroatoms. The molecular formula is C11H7N5O4. The first-order chi connectivity index (χ1) is 9.56. The standard InChI is InChI=1S/C11H7N5O4/c1-6-9-10(12-11(17)20-14-9)15(13-6)7-2-4-8(5-3-7)16(18)19/h2-5H,1H3. The molecule has 3 rings (SSSR count). The number of nitrogens with zero attached hydrogens (tertiary/aromatic N) is 5. The lowest BCUT2D eigenvalue weighted by atomic mass is 10.3. The van der Waals surface area contributed by atoms with Gasteiger partial charge < -0.3 is 0 Å². The summed E-state index contributed by atoms with van der Waals surface area (Å²) in [5.41, 5.74) is 1.64. The van der Waals surface area contributed by atoms with Gasteiger partial charge >= 0.3 is 5.76 Å². The van der Waals surface area contributed by atoms with Gasteiger partial charge in [-0.1, -0.05) is 5.16 Å². The fourth-order valence-corrected chi connectivity index (χ4v) is 1.80. The number of hydrogen-bond acceptors (Lipinski definition) is 7. The van der Waals surface area contributed by atoms with Crippen LogP contribution in [0.2, 0.25) is 0 Å². The van der Waals surface area contributed by atoms with E-state index in [1.54, 1.807) is 6.92 Å². The molecule has 0 saturated carbocycles. The first kappa shape index (κ1) is 12.0. The van der Waals surface area contributed by atoms with E-state index in [1.807, 2.05) is 0 Å². The van der Waals surface area contributed by atoms with E-state index in [0.29, 0.717) is 16.9 Å². The SMILES string of the molecule is Cc1nn(-c2ccc([N+](=O)[O-])cc2)c2nc(=O)onc12. The van der Waals surface area contributed by atoms with Gasteiger partial charge in [0.05, 0.1) is 16.3 Å². The fraction of sp³-hybridized carbons (Fsp3) is 0.0909. The van der Waals surface area contributed by atoms with Crippen molar-refractivity contribution in [2.75, 3.05) is 0 Å². The number of aryl methyl sites for hydroxylation is 1. The van der Waals surface area contributed by atoms with Crippen LogP contribution in [0.3, 0.4) is 0 Å². The first-order valence-corrected chi connectivity index (χ1v) is 5.54. The Morgan fingerprint density at radius 3 is 2.65 bits per heavy atom. The molecule has 0 radical (unpaired) electrons. The highest BCUT2D eigenvalue weighted by Crippen LogP contribution is 2.19. The van der Waals surface area contributed by atoms with Crippen LogP contribution < -0.4 is 5.76 Å². The van der Waals surface area contributed by atoms with Crippen LogP contribution in [0, 0.1) is 17.0 Å². The second-order valence-electron chi connectivity index (χ2n) is 4.00. The van der Waals surface area contributed by atoms with Crippen molar-refractivity contribution < 1.29 is 9.45 Å². The van der Waals surface area contributed by atoms with Gasteiger partial charge in [-0.15, -0.1) is 0 Å². The van der Waals surface area contributed by atoms with E-state index < -0.39 is 10.7 Å². The Morgan fingerprint density at radius 1 is 1.30 bits per heavy atom. The third-order valence-corrected chi connectivity index (χ3v) is 2.72. The molecule has 1 aromatic carbocycles. The summed E-state index contributed by atoms with van der Waals surface area (Å²) >= 11 is 0. The molecule has 0 saturated heterocycles. The Labute approximate surface area is 110 Å². The zero-order valence-electron chi connectivity index (χ0n) is 10.2. The molecule has 0 fully saturated rings. The van der Waals surface area contributed by atoms with Gasteiger partial charge in [-0.3, -0.25) is 14.6 Å². The Morgan fingerprint density at radius 2 is 2.00 bits per heavy atom. The number of hydrogen-bond donors (Lipinski definition) is 0. The molecule has 0 spiro atoms. The maximum atomic E-state index is 11.1. The van der Waals surface area contributed by atoms with Crippen molar-refractivity contribution in [2.45, 2.75) is 6.92 Å². The summed E-state index contributed by atoms with van der Waals surface area (Å²) in [7, 11) is 0. The second-order valence-corrected chi connectivity index (χ2v) is 4.00. The van der Waals surface area contributed by atoms with Gasteiger partial charge in [0.1, 0.15) is 0 Å². The smallest absolute Gasteiger partial charge is 0.296 e. The highest BCUT2D eigenvalue weighted by molar-refractivity contribution is 5.74. The van der Waals surface area contributed by atoms with Crippen molar-refractivity contribution in [3.05, 3.63) is 50.6 Å². The highest BCUT2D eigenvalue weighted by Gasteiger charge is 2.14. The molecule has 0 N–H and O–H groups in total. The fourth-order valence-electron chi connectivity index (χ4n) is 1.80. The van der Waals surface area contributed by atoms with Crippen LogP contribution in [0.15, 0.2) is 33.6 Å². The van der Waals surface area contributed by atoms with Gasteiger partial charge in [0.2, 0.25) is 0 Å². The summed E-state index contributed by atoms with van der Waals surface area (Å²) < 4.78 is 5.85. The molecular weight excluding hydrogens is 266 g/mol. The number of nitro groups is 1. The molecule has 0 amide bonds. The van der Waals surface area contributed by atoms with E-state index in [4.69, 9.17) is 0 Å². The monoisotopic (exact) mass is 273 g/mol. The summed E-state index contributed by atoms with van der Waals surface area (Å²) in [6.45, 7) is 1.69. The zero-order valence-corrected chi connectivity index (χ0v) is 10.2. The minimum absolute atomic E-state index is 0.0347. The quantitative estimate of drug-likeness (QED) is 0.504. The van der Waals surface area contributed by atoms with Gasteiger partial charge in [-0.2, -0.15) is 10.1 Å². The molecule has 0 unspecified atom stereocenters. The first-order valence-electron chi connectivity index (χ1n) is 5.54. The molecule has 2 aromatic heterocycles. The number of benzene rings is 1. The van der Waals surface area contributed by atoms with E-state index in [9.17, 15) is 14.9 Å². The molecule has 20 heavy (non-hydrogen) atoms. The molecule has 0 aliphatic heterocycles. The van der Waals surface area contributed by atoms with Crippen LogP contribution in [-0.4, -0.2) is 24.8 Å². The van der Waals surface area contributed by atoms with Crippen LogP contribution in [-0.2, 0) is 0 Å². The van der Waals surface area contributed by atoms with E-state index in [2.05, 4.69) is 19.8 Å². The van der Waals surface area contributed by atoms with Crippen molar-refractivity contribution in [1.29, 1.82) is 0 Å².